The van der Waals surface area contributed by atoms with Crippen LogP contribution in [0.15, 0.2) is 18.3 Å². The van der Waals surface area contributed by atoms with Crippen molar-refractivity contribution >= 4 is 11.5 Å². The molecule has 0 aromatic carbocycles. The van der Waals surface area contributed by atoms with E-state index in [1.165, 1.54) is 0 Å². The van der Waals surface area contributed by atoms with Crippen molar-refractivity contribution in [2.45, 2.75) is 45.3 Å². The van der Waals surface area contributed by atoms with Gasteiger partial charge in [-0.25, -0.2) is 4.98 Å². The molecule has 0 radical (unpaired) electrons. The third-order valence-corrected chi connectivity index (χ3v) is 3.63. The number of nitrogens with zero attached hydrogens (tertiary/aromatic N) is 1. The minimum absolute atomic E-state index is 0.0172. The molecule has 1 fully saturated rings. The summed E-state index contributed by atoms with van der Waals surface area (Å²) in [6.45, 7) is 8.26. The normalized spacial score (nSPS) is 27.2. The van der Waals surface area contributed by atoms with Gasteiger partial charge in [-0.3, -0.25) is 0 Å². The van der Waals surface area contributed by atoms with Crippen molar-refractivity contribution in [2.75, 3.05) is 23.8 Å². The van der Waals surface area contributed by atoms with Crippen molar-refractivity contribution in [1.82, 2.24) is 4.98 Å². The van der Waals surface area contributed by atoms with Gasteiger partial charge >= 0.3 is 0 Å². The minimum Gasteiger partial charge on any atom is -0.377 e. The highest BCUT2D eigenvalue weighted by Gasteiger charge is 2.36. The highest BCUT2D eigenvalue weighted by atomic mass is 16.5. The summed E-state index contributed by atoms with van der Waals surface area (Å²) in [5, 5.41) is 6.88. The van der Waals surface area contributed by atoms with E-state index in [1.54, 1.807) is 0 Å². The van der Waals surface area contributed by atoms with Gasteiger partial charge in [0.15, 0.2) is 0 Å². The van der Waals surface area contributed by atoms with Crippen LogP contribution in [0.4, 0.5) is 11.5 Å². The Morgan fingerprint density at radius 1 is 1.56 bits per heavy atom. The molecule has 4 heteroatoms. The Labute approximate surface area is 109 Å². The highest BCUT2D eigenvalue weighted by Crippen LogP contribution is 2.29. The second kappa shape index (κ2) is 5.57. The van der Waals surface area contributed by atoms with Crippen molar-refractivity contribution < 1.29 is 4.74 Å². The largest absolute Gasteiger partial charge is 0.377 e. The summed E-state index contributed by atoms with van der Waals surface area (Å²) in [7, 11) is 0. The van der Waals surface area contributed by atoms with E-state index in [-0.39, 0.29) is 11.6 Å². The van der Waals surface area contributed by atoms with Crippen LogP contribution < -0.4 is 10.6 Å². The van der Waals surface area contributed by atoms with E-state index in [0.29, 0.717) is 0 Å². The molecule has 0 bridgehead atoms. The molecule has 0 amide bonds. The molecule has 0 aliphatic carbocycles. The van der Waals surface area contributed by atoms with Gasteiger partial charge in [-0.15, -0.1) is 0 Å². The Hall–Kier alpha value is -1.29. The molecule has 100 valence electrons. The minimum atomic E-state index is 0.0172. The number of anilines is 2. The topological polar surface area (TPSA) is 46.2 Å². The Morgan fingerprint density at radius 2 is 2.39 bits per heavy atom. The van der Waals surface area contributed by atoms with Gasteiger partial charge in [0.25, 0.3) is 0 Å². The summed E-state index contributed by atoms with van der Waals surface area (Å²) in [6, 6.07) is 4.07. The van der Waals surface area contributed by atoms with Gasteiger partial charge in [-0.1, -0.05) is 6.92 Å². The Bertz CT molecular complexity index is 396. The first-order valence-electron chi connectivity index (χ1n) is 6.74. The molecule has 1 aliphatic heterocycles. The molecule has 1 saturated heterocycles. The van der Waals surface area contributed by atoms with Crippen molar-refractivity contribution in [2.24, 2.45) is 0 Å². The van der Waals surface area contributed by atoms with Crippen LogP contribution in [0.5, 0.6) is 0 Å². The van der Waals surface area contributed by atoms with Gasteiger partial charge in [0.2, 0.25) is 0 Å². The van der Waals surface area contributed by atoms with Crippen molar-refractivity contribution in [1.29, 1.82) is 0 Å². The summed E-state index contributed by atoms with van der Waals surface area (Å²) >= 11 is 0. The maximum Gasteiger partial charge on any atom is 0.127 e. The van der Waals surface area contributed by atoms with E-state index >= 15 is 0 Å². The number of hydrogen-bond acceptors (Lipinski definition) is 4. The number of ether oxygens (including phenoxy) is 1. The van der Waals surface area contributed by atoms with Gasteiger partial charge < -0.3 is 15.4 Å². The number of pyridine rings is 1. The molecule has 4 nitrogen and oxygen atoms in total. The molecule has 2 unspecified atom stereocenters. The fourth-order valence-corrected chi connectivity index (χ4v) is 2.19. The average Bonchev–Trinajstić information content (AvgIpc) is 2.67. The van der Waals surface area contributed by atoms with E-state index in [9.17, 15) is 0 Å². The van der Waals surface area contributed by atoms with E-state index in [2.05, 4.69) is 42.5 Å². The van der Waals surface area contributed by atoms with Gasteiger partial charge in [-0.2, -0.15) is 0 Å². The van der Waals surface area contributed by atoms with Crippen LogP contribution in [0.2, 0.25) is 0 Å². The fraction of sp³-hybridized carbons (Fsp3) is 0.643. The van der Waals surface area contributed by atoms with E-state index in [4.69, 9.17) is 4.74 Å². The molecule has 2 heterocycles. The molecular weight excluding hydrogens is 226 g/mol. The predicted molar refractivity (Wildman–Crippen MR) is 75.1 cm³/mol. The lowest BCUT2D eigenvalue weighted by Gasteiger charge is -2.30. The molecule has 2 atom stereocenters. The van der Waals surface area contributed by atoms with Crippen LogP contribution in [0.3, 0.4) is 0 Å². The predicted octanol–water partition coefficient (Wildman–Crippen LogP) is 2.88. The third-order valence-electron chi connectivity index (χ3n) is 3.63. The lowest BCUT2D eigenvalue weighted by molar-refractivity contribution is 0.105. The van der Waals surface area contributed by atoms with Gasteiger partial charge in [0, 0.05) is 31.1 Å². The molecule has 2 rings (SSSR count). The fourth-order valence-electron chi connectivity index (χ4n) is 2.19. The number of aromatic nitrogens is 1. The lowest BCUT2D eigenvalue weighted by Crippen LogP contribution is -2.41. The van der Waals surface area contributed by atoms with Crippen molar-refractivity contribution in [3.8, 4) is 0 Å². The Balaban J connectivity index is 2.04. The van der Waals surface area contributed by atoms with Crippen molar-refractivity contribution in [3.63, 3.8) is 0 Å². The Kier molecular flexibility index (Phi) is 4.07. The molecule has 1 aromatic heterocycles. The first kappa shape index (κ1) is 13.1. The van der Waals surface area contributed by atoms with Gasteiger partial charge in [0.1, 0.15) is 5.82 Å². The quantitative estimate of drug-likeness (QED) is 0.842. The first-order valence-corrected chi connectivity index (χ1v) is 6.74. The zero-order valence-corrected chi connectivity index (χ0v) is 11.5. The first-order chi connectivity index (χ1) is 8.64. The van der Waals surface area contributed by atoms with Crippen LogP contribution in [0.1, 0.15) is 33.6 Å². The average molecular weight is 249 g/mol. The van der Waals surface area contributed by atoms with Gasteiger partial charge in [0.05, 0.1) is 11.6 Å². The van der Waals surface area contributed by atoms with E-state index in [0.717, 1.165) is 37.5 Å². The van der Waals surface area contributed by atoms with Gasteiger partial charge in [-0.05, 0) is 32.8 Å². The summed E-state index contributed by atoms with van der Waals surface area (Å²) < 4.78 is 5.64. The molecular formula is C14H23N3O. The number of hydrogen-bond donors (Lipinski definition) is 2. The monoisotopic (exact) mass is 249 g/mol. The molecule has 1 aromatic rings. The Morgan fingerprint density at radius 3 is 3.06 bits per heavy atom. The van der Waals surface area contributed by atoms with E-state index in [1.807, 2.05) is 12.3 Å². The molecule has 2 N–H and O–H groups in total. The van der Waals surface area contributed by atoms with Crippen LogP contribution in [0, 0.1) is 0 Å². The zero-order valence-electron chi connectivity index (χ0n) is 11.5. The SMILES string of the molecule is CCCNc1cc(NC2(C)CCOC2C)ccn1. The molecule has 0 spiro atoms. The summed E-state index contributed by atoms with van der Waals surface area (Å²) in [5.41, 5.74) is 1.12. The summed E-state index contributed by atoms with van der Waals surface area (Å²) in [4.78, 5) is 4.31. The number of rotatable bonds is 5. The maximum atomic E-state index is 5.64. The van der Waals surface area contributed by atoms with E-state index < -0.39 is 0 Å². The van der Waals surface area contributed by atoms with Crippen molar-refractivity contribution in [3.05, 3.63) is 18.3 Å². The molecule has 1 aliphatic rings. The second-order valence-electron chi connectivity index (χ2n) is 5.16. The van der Waals surface area contributed by atoms with Crippen LogP contribution >= 0.6 is 0 Å². The van der Waals surface area contributed by atoms with Crippen LogP contribution in [0.25, 0.3) is 0 Å². The number of nitrogens with one attached hydrogen (secondary N) is 2. The molecule has 0 saturated carbocycles. The third kappa shape index (κ3) is 2.93. The maximum absolute atomic E-state index is 5.64. The smallest absolute Gasteiger partial charge is 0.127 e. The standard InChI is InChI=1S/C14H23N3O/c1-4-7-15-13-10-12(5-8-16-13)17-14(3)6-9-18-11(14)2/h5,8,10-11H,4,6-7,9H2,1-3H3,(H2,15,16,17). The summed E-state index contributed by atoms with van der Waals surface area (Å²) in [6.07, 6.45) is 4.21. The highest BCUT2D eigenvalue weighted by molar-refractivity contribution is 5.53. The summed E-state index contributed by atoms with van der Waals surface area (Å²) in [5.74, 6) is 0.928. The second-order valence-corrected chi connectivity index (χ2v) is 5.16. The lowest BCUT2D eigenvalue weighted by atomic mass is 9.94. The van der Waals surface area contributed by atoms with Crippen LogP contribution in [-0.4, -0.2) is 29.8 Å². The molecule has 18 heavy (non-hydrogen) atoms. The van der Waals surface area contributed by atoms with Crippen LogP contribution in [-0.2, 0) is 4.74 Å². The zero-order chi connectivity index (χ0) is 13.0.